The molecule has 1 aromatic rings. The number of likely N-dealkylation sites (N-methyl/N-ethyl adjacent to an activating group) is 1. The number of halogens is 1. The van der Waals surface area contributed by atoms with Crippen molar-refractivity contribution in [1.82, 2.24) is 20.0 Å². The average Bonchev–Trinajstić information content (AvgIpc) is 2.71. The van der Waals surface area contributed by atoms with E-state index in [1.807, 2.05) is 0 Å². The zero-order chi connectivity index (χ0) is 15.1. The van der Waals surface area contributed by atoms with Crippen LogP contribution < -0.4 is 5.32 Å². The van der Waals surface area contributed by atoms with E-state index in [9.17, 15) is 0 Å². The van der Waals surface area contributed by atoms with Gasteiger partial charge in [-0.1, -0.05) is 20.8 Å². The molecule has 20 heavy (non-hydrogen) atoms. The molecule has 1 N–H and O–H groups in total. The Labute approximate surface area is 132 Å². The predicted octanol–water partition coefficient (Wildman–Crippen LogP) is 2.91. The summed E-state index contributed by atoms with van der Waals surface area (Å²) in [4.78, 5) is 2.35. The van der Waals surface area contributed by atoms with Crippen molar-refractivity contribution in [2.24, 2.45) is 5.92 Å². The Balaban J connectivity index is 2.52. The monoisotopic (exact) mass is 344 g/mol. The molecule has 0 aliphatic rings. The maximum absolute atomic E-state index is 4.65. The second kappa shape index (κ2) is 8.80. The van der Waals surface area contributed by atoms with Crippen molar-refractivity contribution in [2.75, 3.05) is 26.7 Å². The van der Waals surface area contributed by atoms with Gasteiger partial charge in [0.25, 0.3) is 0 Å². The van der Waals surface area contributed by atoms with Gasteiger partial charge >= 0.3 is 0 Å². The van der Waals surface area contributed by atoms with Gasteiger partial charge in [-0.25, -0.2) is 0 Å². The Morgan fingerprint density at radius 1 is 1.35 bits per heavy atom. The molecule has 4 nitrogen and oxygen atoms in total. The van der Waals surface area contributed by atoms with Crippen LogP contribution in [-0.4, -0.2) is 41.4 Å². The lowest BCUT2D eigenvalue weighted by Gasteiger charge is -2.18. The van der Waals surface area contributed by atoms with Crippen molar-refractivity contribution >= 4 is 15.9 Å². The normalized spacial score (nSPS) is 11.8. The Bertz CT molecular complexity index is 401. The van der Waals surface area contributed by atoms with E-state index in [-0.39, 0.29) is 0 Å². The van der Waals surface area contributed by atoms with E-state index in [2.05, 4.69) is 70.7 Å². The summed E-state index contributed by atoms with van der Waals surface area (Å²) in [5.41, 5.74) is 2.45. The molecule has 1 rings (SSSR count). The van der Waals surface area contributed by atoms with Crippen LogP contribution in [0.15, 0.2) is 4.47 Å². The van der Waals surface area contributed by atoms with Gasteiger partial charge in [0.15, 0.2) is 0 Å². The largest absolute Gasteiger partial charge is 0.315 e. The highest BCUT2D eigenvalue weighted by atomic mass is 79.9. The Hall–Kier alpha value is -0.390. The van der Waals surface area contributed by atoms with Gasteiger partial charge in [0, 0.05) is 26.2 Å². The summed E-state index contributed by atoms with van der Waals surface area (Å²) >= 11 is 3.71. The smallest absolute Gasteiger partial charge is 0.0767 e. The summed E-state index contributed by atoms with van der Waals surface area (Å²) in [5.74, 6) is 0.711. The first-order valence-electron chi connectivity index (χ1n) is 7.62. The molecule has 0 saturated heterocycles. The van der Waals surface area contributed by atoms with Crippen LogP contribution in [0.4, 0.5) is 0 Å². The molecule has 0 aromatic carbocycles. The fraction of sp³-hybridized carbons (Fsp3) is 0.800. The number of hydrogen-bond donors (Lipinski definition) is 1. The molecule has 1 aromatic heterocycles. The molecule has 0 amide bonds. The Kier molecular flexibility index (Phi) is 7.77. The number of nitrogens with one attached hydrogen (secondary N) is 1. The second-order valence-corrected chi connectivity index (χ2v) is 6.51. The molecule has 5 heteroatoms. The first-order chi connectivity index (χ1) is 9.49. The lowest BCUT2D eigenvalue weighted by Crippen LogP contribution is -2.31. The van der Waals surface area contributed by atoms with Crippen molar-refractivity contribution in [2.45, 2.75) is 47.2 Å². The fourth-order valence-electron chi connectivity index (χ4n) is 2.16. The van der Waals surface area contributed by atoms with E-state index in [4.69, 9.17) is 0 Å². The van der Waals surface area contributed by atoms with Crippen molar-refractivity contribution < 1.29 is 0 Å². The van der Waals surface area contributed by atoms with E-state index >= 15 is 0 Å². The minimum absolute atomic E-state index is 0.711. The second-order valence-electron chi connectivity index (χ2n) is 5.71. The fourth-order valence-corrected chi connectivity index (χ4v) is 2.85. The molecule has 0 aliphatic heterocycles. The molecular formula is C15H29BrN4. The molecular weight excluding hydrogens is 316 g/mol. The number of hydrogen-bond acceptors (Lipinski definition) is 3. The van der Waals surface area contributed by atoms with Crippen LogP contribution in [0.2, 0.25) is 0 Å². The van der Waals surface area contributed by atoms with Crippen LogP contribution in [0.3, 0.4) is 0 Å². The first kappa shape index (κ1) is 17.7. The van der Waals surface area contributed by atoms with E-state index in [0.717, 1.165) is 44.8 Å². The van der Waals surface area contributed by atoms with Crippen molar-refractivity contribution in [1.29, 1.82) is 0 Å². The predicted molar refractivity (Wildman–Crippen MR) is 89.0 cm³/mol. The van der Waals surface area contributed by atoms with Crippen molar-refractivity contribution in [3.63, 3.8) is 0 Å². The van der Waals surface area contributed by atoms with Crippen LogP contribution >= 0.6 is 15.9 Å². The quantitative estimate of drug-likeness (QED) is 0.699. The Morgan fingerprint density at radius 2 is 2.05 bits per heavy atom. The molecule has 0 fully saturated rings. The maximum atomic E-state index is 4.65. The summed E-state index contributed by atoms with van der Waals surface area (Å²) in [7, 11) is 2.17. The first-order valence-corrected chi connectivity index (χ1v) is 8.42. The minimum Gasteiger partial charge on any atom is -0.315 e. The van der Waals surface area contributed by atoms with E-state index in [1.54, 1.807) is 0 Å². The molecule has 0 bridgehead atoms. The molecule has 116 valence electrons. The molecule has 0 saturated carbocycles. The zero-order valence-electron chi connectivity index (χ0n) is 13.5. The highest BCUT2D eigenvalue weighted by Gasteiger charge is 2.15. The molecule has 0 unspecified atom stereocenters. The molecule has 1 heterocycles. The number of aryl methyl sites for hydroxylation is 2. The molecule has 0 radical (unpaired) electrons. The van der Waals surface area contributed by atoms with Gasteiger partial charge in [-0.05, 0) is 48.8 Å². The third-order valence-electron chi connectivity index (χ3n) is 3.34. The van der Waals surface area contributed by atoms with E-state index in [1.165, 1.54) is 10.2 Å². The Morgan fingerprint density at radius 3 is 2.60 bits per heavy atom. The summed E-state index contributed by atoms with van der Waals surface area (Å²) in [5, 5.41) is 8.13. The van der Waals surface area contributed by atoms with Gasteiger partial charge in [-0.2, -0.15) is 5.10 Å². The SMILES string of the molecule is CCc1nn(CC)c(CN(C)CCNCC(C)C)c1Br. The van der Waals surface area contributed by atoms with Crippen LogP contribution in [0.5, 0.6) is 0 Å². The van der Waals surface area contributed by atoms with E-state index < -0.39 is 0 Å². The van der Waals surface area contributed by atoms with Crippen LogP contribution in [-0.2, 0) is 19.5 Å². The van der Waals surface area contributed by atoms with Crippen molar-refractivity contribution in [3.8, 4) is 0 Å². The van der Waals surface area contributed by atoms with Crippen LogP contribution in [0.1, 0.15) is 39.1 Å². The van der Waals surface area contributed by atoms with Gasteiger partial charge in [0.2, 0.25) is 0 Å². The molecule has 0 spiro atoms. The van der Waals surface area contributed by atoms with Gasteiger partial charge in [0.1, 0.15) is 0 Å². The number of rotatable bonds is 9. The number of aromatic nitrogens is 2. The van der Waals surface area contributed by atoms with Gasteiger partial charge in [-0.15, -0.1) is 0 Å². The number of nitrogens with zero attached hydrogens (tertiary/aromatic N) is 3. The summed E-state index contributed by atoms with van der Waals surface area (Å²) in [6, 6.07) is 0. The minimum atomic E-state index is 0.711. The standard InChI is InChI=1S/C15H29BrN4/c1-6-13-15(16)14(20(7-2)18-13)11-19(5)9-8-17-10-12(3)4/h12,17H,6-11H2,1-5H3. The summed E-state index contributed by atoms with van der Waals surface area (Å²) < 4.78 is 3.30. The summed E-state index contributed by atoms with van der Waals surface area (Å²) in [6.45, 7) is 13.8. The molecule has 0 atom stereocenters. The summed E-state index contributed by atoms with van der Waals surface area (Å²) in [6.07, 6.45) is 0.972. The lowest BCUT2D eigenvalue weighted by molar-refractivity contribution is 0.310. The van der Waals surface area contributed by atoms with Gasteiger partial charge < -0.3 is 5.32 Å². The third-order valence-corrected chi connectivity index (χ3v) is 4.25. The highest BCUT2D eigenvalue weighted by molar-refractivity contribution is 9.10. The average molecular weight is 345 g/mol. The topological polar surface area (TPSA) is 33.1 Å². The molecule has 0 aliphatic carbocycles. The van der Waals surface area contributed by atoms with Crippen molar-refractivity contribution in [3.05, 3.63) is 15.9 Å². The highest BCUT2D eigenvalue weighted by Crippen LogP contribution is 2.23. The lowest BCUT2D eigenvalue weighted by atomic mass is 10.2. The van der Waals surface area contributed by atoms with Gasteiger partial charge in [-0.3, -0.25) is 9.58 Å². The van der Waals surface area contributed by atoms with Crippen LogP contribution in [0, 0.1) is 5.92 Å². The third kappa shape index (κ3) is 5.19. The van der Waals surface area contributed by atoms with Gasteiger partial charge in [0.05, 0.1) is 15.9 Å². The van der Waals surface area contributed by atoms with E-state index in [0.29, 0.717) is 5.92 Å². The maximum Gasteiger partial charge on any atom is 0.0767 e. The zero-order valence-corrected chi connectivity index (χ0v) is 15.1. The van der Waals surface area contributed by atoms with Crippen LogP contribution in [0.25, 0.3) is 0 Å².